The second-order valence-corrected chi connectivity index (χ2v) is 4.70. The number of nitrogens with one attached hydrogen (secondary N) is 1. The number of nitrogens with zero attached hydrogens (tertiary/aromatic N) is 2. The van der Waals surface area contributed by atoms with Gasteiger partial charge in [0.05, 0.1) is 17.4 Å². The zero-order valence-corrected chi connectivity index (χ0v) is 11.4. The number of aromatic nitrogens is 2. The molecule has 0 saturated carbocycles. The third-order valence-electron chi connectivity index (χ3n) is 3.26. The second kappa shape index (κ2) is 5.20. The summed E-state index contributed by atoms with van der Waals surface area (Å²) in [5.74, 6) is -0.436. The Morgan fingerprint density at radius 2 is 2.00 bits per heavy atom. The predicted molar refractivity (Wildman–Crippen MR) is 81.4 cm³/mol. The van der Waals surface area contributed by atoms with E-state index in [-0.39, 0.29) is 11.0 Å². The lowest BCUT2D eigenvalue weighted by Crippen LogP contribution is -2.23. The normalized spacial score (nSPS) is 10.5. The highest BCUT2D eigenvalue weighted by atomic mass is 16.2. The van der Waals surface area contributed by atoms with Gasteiger partial charge in [-0.15, -0.1) is 0 Å². The first-order valence-electron chi connectivity index (χ1n) is 6.46. The van der Waals surface area contributed by atoms with Gasteiger partial charge in [-0.25, -0.2) is 0 Å². The standard InChI is InChI=1S/C16H13N3O2/c1-19-10-13(15(20)12-6-2-3-7-14(12)19)16(21)18-11-5-4-8-17-9-11/h2-10H,1H3,(H,18,21). The van der Waals surface area contributed by atoms with E-state index >= 15 is 0 Å². The molecule has 3 aromatic rings. The Bertz CT molecular complexity index is 870. The van der Waals surface area contributed by atoms with Gasteiger partial charge in [-0.2, -0.15) is 0 Å². The maximum absolute atomic E-state index is 12.4. The summed E-state index contributed by atoms with van der Waals surface area (Å²) in [6.07, 6.45) is 4.70. The first-order valence-corrected chi connectivity index (χ1v) is 6.46. The van der Waals surface area contributed by atoms with Gasteiger partial charge in [-0.3, -0.25) is 14.6 Å². The number of fused-ring (bicyclic) bond motifs is 1. The Labute approximate surface area is 120 Å². The summed E-state index contributed by atoms with van der Waals surface area (Å²) in [6, 6.07) is 10.6. The van der Waals surface area contributed by atoms with E-state index in [9.17, 15) is 9.59 Å². The van der Waals surface area contributed by atoms with Crippen molar-refractivity contribution in [2.24, 2.45) is 7.05 Å². The molecule has 0 spiro atoms. The molecule has 3 rings (SSSR count). The van der Waals surface area contributed by atoms with Crippen LogP contribution in [0.3, 0.4) is 0 Å². The van der Waals surface area contributed by atoms with Gasteiger partial charge in [0.25, 0.3) is 5.91 Å². The van der Waals surface area contributed by atoms with Crippen LogP contribution in [-0.2, 0) is 7.05 Å². The number of hydrogen-bond acceptors (Lipinski definition) is 3. The van der Waals surface area contributed by atoms with E-state index in [1.165, 1.54) is 6.20 Å². The van der Waals surface area contributed by atoms with Crippen LogP contribution in [-0.4, -0.2) is 15.5 Å². The van der Waals surface area contributed by atoms with Crippen molar-refractivity contribution in [2.45, 2.75) is 0 Å². The fourth-order valence-corrected chi connectivity index (χ4v) is 2.24. The van der Waals surface area contributed by atoms with Gasteiger partial charge in [-0.05, 0) is 24.3 Å². The van der Waals surface area contributed by atoms with Crippen molar-refractivity contribution >= 4 is 22.5 Å². The van der Waals surface area contributed by atoms with E-state index in [1.807, 2.05) is 19.2 Å². The Morgan fingerprint density at radius 3 is 2.76 bits per heavy atom. The third kappa shape index (κ3) is 2.41. The molecule has 5 heteroatoms. The van der Waals surface area contributed by atoms with E-state index in [1.54, 1.807) is 41.2 Å². The largest absolute Gasteiger partial charge is 0.350 e. The molecule has 0 aliphatic carbocycles. The molecule has 1 amide bonds. The minimum absolute atomic E-state index is 0.111. The number of pyridine rings is 2. The van der Waals surface area contributed by atoms with Crippen LogP contribution in [0, 0.1) is 0 Å². The van der Waals surface area contributed by atoms with E-state index in [4.69, 9.17) is 0 Å². The highest BCUT2D eigenvalue weighted by molar-refractivity contribution is 6.05. The summed E-state index contributed by atoms with van der Waals surface area (Å²) in [6.45, 7) is 0. The average Bonchev–Trinajstić information content (AvgIpc) is 2.52. The van der Waals surface area contributed by atoms with Gasteiger partial charge in [-0.1, -0.05) is 12.1 Å². The fourth-order valence-electron chi connectivity index (χ4n) is 2.24. The summed E-state index contributed by atoms with van der Waals surface area (Å²) < 4.78 is 1.77. The fraction of sp³-hybridized carbons (Fsp3) is 0.0625. The number of carbonyl (C=O) groups is 1. The SMILES string of the molecule is Cn1cc(C(=O)Nc2cccnc2)c(=O)c2ccccc21. The van der Waals surface area contributed by atoms with Crippen molar-refractivity contribution in [3.63, 3.8) is 0 Å². The van der Waals surface area contributed by atoms with Gasteiger partial charge in [0.15, 0.2) is 0 Å². The molecule has 21 heavy (non-hydrogen) atoms. The van der Waals surface area contributed by atoms with Gasteiger partial charge in [0.1, 0.15) is 5.56 Å². The maximum Gasteiger partial charge on any atom is 0.261 e. The van der Waals surface area contributed by atoms with Crippen LogP contribution < -0.4 is 10.7 Å². The average molecular weight is 279 g/mol. The molecule has 2 heterocycles. The highest BCUT2D eigenvalue weighted by Gasteiger charge is 2.14. The molecule has 0 saturated heterocycles. The van der Waals surface area contributed by atoms with Gasteiger partial charge < -0.3 is 9.88 Å². The summed E-state index contributed by atoms with van der Waals surface area (Å²) in [7, 11) is 1.81. The first kappa shape index (κ1) is 13.1. The van der Waals surface area contributed by atoms with Crippen LogP contribution in [0.15, 0.2) is 59.8 Å². The quantitative estimate of drug-likeness (QED) is 0.782. The lowest BCUT2D eigenvalue weighted by molar-refractivity contribution is 0.102. The Morgan fingerprint density at radius 1 is 1.19 bits per heavy atom. The van der Waals surface area contributed by atoms with Crippen molar-refractivity contribution < 1.29 is 4.79 Å². The number of hydrogen-bond donors (Lipinski definition) is 1. The zero-order valence-electron chi connectivity index (χ0n) is 11.4. The molecule has 0 aliphatic heterocycles. The van der Waals surface area contributed by atoms with Crippen LogP contribution >= 0.6 is 0 Å². The minimum Gasteiger partial charge on any atom is -0.350 e. The number of amides is 1. The molecule has 104 valence electrons. The van der Waals surface area contributed by atoms with Crippen molar-refractivity contribution in [1.29, 1.82) is 0 Å². The van der Waals surface area contributed by atoms with Crippen LogP contribution in [0.4, 0.5) is 5.69 Å². The lowest BCUT2D eigenvalue weighted by Gasteiger charge is -2.09. The van der Waals surface area contributed by atoms with Gasteiger partial charge >= 0.3 is 0 Å². The molecule has 0 fully saturated rings. The monoisotopic (exact) mass is 279 g/mol. The maximum atomic E-state index is 12.4. The molecule has 0 bridgehead atoms. The summed E-state index contributed by atoms with van der Waals surface area (Å²) in [5, 5.41) is 3.20. The molecule has 1 aromatic carbocycles. The zero-order chi connectivity index (χ0) is 14.8. The van der Waals surface area contributed by atoms with Crippen LogP contribution in [0.2, 0.25) is 0 Å². The van der Waals surface area contributed by atoms with E-state index in [2.05, 4.69) is 10.3 Å². The molecule has 0 unspecified atom stereocenters. The molecule has 1 N–H and O–H groups in total. The van der Waals surface area contributed by atoms with Crippen LogP contribution in [0.1, 0.15) is 10.4 Å². The molecule has 0 aliphatic rings. The minimum atomic E-state index is -0.436. The summed E-state index contributed by atoms with van der Waals surface area (Å²) >= 11 is 0. The van der Waals surface area contributed by atoms with E-state index < -0.39 is 5.91 Å². The molecule has 2 aromatic heterocycles. The first-order chi connectivity index (χ1) is 10.2. The predicted octanol–water partition coefficient (Wildman–Crippen LogP) is 2.19. The molecular formula is C16H13N3O2. The Hall–Kier alpha value is -2.95. The van der Waals surface area contributed by atoms with Gasteiger partial charge in [0, 0.05) is 24.8 Å². The van der Waals surface area contributed by atoms with E-state index in [0.717, 1.165) is 5.52 Å². The number of para-hydroxylation sites is 1. The van der Waals surface area contributed by atoms with Crippen LogP contribution in [0.25, 0.3) is 10.9 Å². The molecule has 0 atom stereocenters. The number of carbonyl (C=O) groups excluding carboxylic acids is 1. The summed E-state index contributed by atoms with van der Waals surface area (Å²) in [4.78, 5) is 28.6. The Balaban J connectivity index is 2.07. The van der Waals surface area contributed by atoms with Crippen LogP contribution in [0.5, 0.6) is 0 Å². The van der Waals surface area contributed by atoms with Crippen molar-refractivity contribution in [3.8, 4) is 0 Å². The number of aryl methyl sites for hydroxylation is 1. The molecule has 0 radical (unpaired) electrons. The number of anilines is 1. The van der Waals surface area contributed by atoms with Gasteiger partial charge in [0.2, 0.25) is 5.43 Å². The van der Waals surface area contributed by atoms with Crippen molar-refractivity contribution in [1.82, 2.24) is 9.55 Å². The third-order valence-corrected chi connectivity index (χ3v) is 3.26. The number of rotatable bonds is 2. The summed E-state index contributed by atoms with van der Waals surface area (Å²) in [5.41, 5.74) is 1.18. The lowest BCUT2D eigenvalue weighted by atomic mass is 10.1. The molecular weight excluding hydrogens is 266 g/mol. The second-order valence-electron chi connectivity index (χ2n) is 4.70. The highest BCUT2D eigenvalue weighted by Crippen LogP contribution is 2.11. The van der Waals surface area contributed by atoms with Crippen molar-refractivity contribution in [3.05, 3.63) is 70.8 Å². The Kier molecular flexibility index (Phi) is 3.23. The smallest absolute Gasteiger partial charge is 0.261 e. The number of benzene rings is 1. The van der Waals surface area contributed by atoms with Crippen molar-refractivity contribution in [2.75, 3.05) is 5.32 Å². The topological polar surface area (TPSA) is 64.0 Å². The van der Waals surface area contributed by atoms with E-state index in [0.29, 0.717) is 11.1 Å². The molecule has 5 nitrogen and oxygen atoms in total.